The van der Waals surface area contributed by atoms with Crippen molar-refractivity contribution in [3.63, 3.8) is 0 Å². The lowest BCUT2D eigenvalue weighted by molar-refractivity contribution is 0.473. The van der Waals surface area contributed by atoms with Crippen molar-refractivity contribution in [1.29, 1.82) is 0 Å². The van der Waals surface area contributed by atoms with Gasteiger partial charge in [-0.05, 0) is 49.2 Å². The van der Waals surface area contributed by atoms with Gasteiger partial charge >= 0.3 is 0 Å². The summed E-state index contributed by atoms with van der Waals surface area (Å²) in [6.07, 6.45) is 0. The third-order valence-corrected chi connectivity index (χ3v) is 4.27. The van der Waals surface area contributed by atoms with Gasteiger partial charge in [-0.15, -0.1) is 0 Å². The number of nitrogens with one attached hydrogen (secondary N) is 1. The molecule has 0 amide bonds. The quantitative estimate of drug-likeness (QED) is 0.906. The lowest BCUT2D eigenvalue weighted by atomic mass is 10.1. The van der Waals surface area contributed by atoms with E-state index in [1.54, 1.807) is 12.1 Å². The summed E-state index contributed by atoms with van der Waals surface area (Å²) in [6.45, 7) is 3.88. The lowest BCUT2D eigenvalue weighted by Crippen LogP contribution is -2.12. The van der Waals surface area contributed by atoms with Crippen LogP contribution in [0.5, 0.6) is 5.75 Å². The number of rotatable bonds is 3. The molecule has 2 N–H and O–H groups in total. The number of aryl methyl sites for hydroxylation is 2. The molecule has 0 fully saturated rings. The number of hydrogen-bond donors (Lipinski definition) is 2. The minimum atomic E-state index is -3.68. The van der Waals surface area contributed by atoms with Gasteiger partial charge in [0.1, 0.15) is 5.75 Å². The number of benzene rings is 2. The van der Waals surface area contributed by atoms with Crippen molar-refractivity contribution in [3.05, 3.63) is 53.6 Å². The molecule has 0 atom stereocenters. The fraction of sp³-hybridized carbons (Fsp3) is 0.143. The zero-order valence-electron chi connectivity index (χ0n) is 10.7. The van der Waals surface area contributed by atoms with Crippen LogP contribution < -0.4 is 4.72 Å². The number of sulfonamides is 1. The van der Waals surface area contributed by atoms with E-state index in [1.807, 2.05) is 19.9 Å². The Hall–Kier alpha value is -2.01. The largest absolute Gasteiger partial charge is 0.508 e. The Morgan fingerprint density at radius 1 is 1.00 bits per heavy atom. The zero-order valence-corrected chi connectivity index (χ0v) is 11.5. The highest BCUT2D eigenvalue weighted by Crippen LogP contribution is 2.21. The average Bonchev–Trinajstić information content (AvgIpc) is 2.33. The summed E-state index contributed by atoms with van der Waals surface area (Å²) in [7, 11) is -3.68. The van der Waals surface area contributed by atoms with Gasteiger partial charge in [-0.25, -0.2) is 8.42 Å². The molecule has 0 spiro atoms. The Morgan fingerprint density at radius 3 is 2.37 bits per heavy atom. The minimum Gasteiger partial charge on any atom is -0.508 e. The van der Waals surface area contributed by atoms with E-state index >= 15 is 0 Å². The van der Waals surface area contributed by atoms with Crippen LogP contribution in [0.4, 0.5) is 5.69 Å². The minimum absolute atomic E-state index is 0.0331. The summed E-state index contributed by atoms with van der Waals surface area (Å²) < 4.78 is 26.7. The van der Waals surface area contributed by atoms with Gasteiger partial charge in [0.2, 0.25) is 0 Å². The van der Waals surface area contributed by atoms with Crippen LogP contribution in [0.2, 0.25) is 0 Å². The molecule has 0 bridgehead atoms. The summed E-state index contributed by atoms with van der Waals surface area (Å²) in [5.74, 6) is -0.0806. The molecule has 0 aliphatic rings. The van der Waals surface area contributed by atoms with Crippen molar-refractivity contribution in [2.45, 2.75) is 18.7 Å². The molecular weight excluding hydrogens is 262 g/mol. The predicted molar refractivity (Wildman–Crippen MR) is 74.8 cm³/mol. The fourth-order valence-corrected chi connectivity index (χ4v) is 2.76. The number of phenols is 1. The van der Waals surface area contributed by atoms with E-state index in [0.717, 1.165) is 11.1 Å². The molecular formula is C14H15NO3S. The third-order valence-electron chi connectivity index (χ3n) is 2.89. The molecule has 0 aromatic heterocycles. The average molecular weight is 277 g/mol. The summed E-state index contributed by atoms with van der Waals surface area (Å²) >= 11 is 0. The van der Waals surface area contributed by atoms with E-state index in [2.05, 4.69) is 4.72 Å². The second kappa shape index (κ2) is 4.93. The van der Waals surface area contributed by atoms with E-state index in [1.165, 1.54) is 24.3 Å². The summed E-state index contributed by atoms with van der Waals surface area (Å²) in [5, 5.41) is 9.33. The molecule has 0 unspecified atom stereocenters. The van der Waals surface area contributed by atoms with Crippen LogP contribution in [0, 0.1) is 13.8 Å². The van der Waals surface area contributed by atoms with Crippen molar-refractivity contribution in [2.75, 3.05) is 4.72 Å². The Morgan fingerprint density at radius 2 is 1.74 bits per heavy atom. The van der Waals surface area contributed by atoms with Crippen LogP contribution in [-0.4, -0.2) is 13.5 Å². The maximum absolute atomic E-state index is 12.1. The van der Waals surface area contributed by atoms with Gasteiger partial charge in [0, 0.05) is 11.8 Å². The van der Waals surface area contributed by atoms with E-state index in [4.69, 9.17) is 0 Å². The Bertz CT molecular complexity index is 708. The highest BCUT2D eigenvalue weighted by atomic mass is 32.2. The Labute approximate surface area is 112 Å². The SMILES string of the molecule is Cc1ccc(NS(=O)(=O)c2cccc(O)c2)cc1C. The van der Waals surface area contributed by atoms with Crippen molar-refractivity contribution in [3.8, 4) is 5.75 Å². The van der Waals surface area contributed by atoms with Crippen LogP contribution in [0.3, 0.4) is 0 Å². The van der Waals surface area contributed by atoms with Crippen molar-refractivity contribution in [1.82, 2.24) is 0 Å². The van der Waals surface area contributed by atoms with Crippen LogP contribution in [0.15, 0.2) is 47.4 Å². The number of phenolic OH excluding ortho intramolecular Hbond substituents is 1. The summed E-state index contributed by atoms with van der Waals surface area (Å²) in [6, 6.07) is 10.9. The number of anilines is 1. The first-order chi connectivity index (χ1) is 8.88. The molecule has 0 saturated heterocycles. The van der Waals surface area contributed by atoms with Gasteiger partial charge in [-0.2, -0.15) is 0 Å². The van der Waals surface area contributed by atoms with Gasteiger partial charge in [0.15, 0.2) is 0 Å². The maximum Gasteiger partial charge on any atom is 0.262 e. The van der Waals surface area contributed by atoms with E-state index in [-0.39, 0.29) is 10.6 Å². The number of aromatic hydroxyl groups is 1. The van der Waals surface area contributed by atoms with Crippen molar-refractivity contribution < 1.29 is 13.5 Å². The molecule has 5 heteroatoms. The van der Waals surface area contributed by atoms with E-state index in [0.29, 0.717) is 5.69 Å². The molecule has 4 nitrogen and oxygen atoms in total. The molecule has 0 radical (unpaired) electrons. The molecule has 2 rings (SSSR count). The van der Waals surface area contributed by atoms with Crippen LogP contribution >= 0.6 is 0 Å². The van der Waals surface area contributed by atoms with Crippen LogP contribution in [-0.2, 0) is 10.0 Å². The maximum atomic E-state index is 12.1. The second-order valence-electron chi connectivity index (χ2n) is 4.40. The first-order valence-corrected chi connectivity index (χ1v) is 7.26. The van der Waals surface area contributed by atoms with Crippen LogP contribution in [0.25, 0.3) is 0 Å². The summed E-state index contributed by atoms with van der Waals surface area (Å²) in [5.41, 5.74) is 2.61. The Kier molecular flexibility index (Phi) is 3.48. The summed E-state index contributed by atoms with van der Waals surface area (Å²) in [4.78, 5) is 0.0331. The molecule has 2 aromatic rings. The van der Waals surface area contributed by atoms with E-state index < -0.39 is 10.0 Å². The first kappa shape index (κ1) is 13.4. The van der Waals surface area contributed by atoms with Gasteiger partial charge in [-0.3, -0.25) is 4.72 Å². The monoisotopic (exact) mass is 277 g/mol. The van der Waals surface area contributed by atoms with Crippen LogP contribution in [0.1, 0.15) is 11.1 Å². The molecule has 2 aromatic carbocycles. The van der Waals surface area contributed by atoms with Crippen molar-refractivity contribution in [2.24, 2.45) is 0 Å². The predicted octanol–water partition coefficient (Wildman–Crippen LogP) is 2.81. The fourth-order valence-electron chi connectivity index (χ4n) is 1.67. The molecule has 0 aliphatic heterocycles. The second-order valence-corrected chi connectivity index (χ2v) is 6.08. The Balaban J connectivity index is 2.33. The third kappa shape index (κ3) is 3.06. The van der Waals surface area contributed by atoms with Gasteiger partial charge in [0.25, 0.3) is 10.0 Å². The molecule has 0 heterocycles. The highest BCUT2D eigenvalue weighted by Gasteiger charge is 2.14. The topological polar surface area (TPSA) is 66.4 Å². The molecule has 100 valence electrons. The van der Waals surface area contributed by atoms with Gasteiger partial charge in [-0.1, -0.05) is 12.1 Å². The lowest BCUT2D eigenvalue weighted by Gasteiger charge is -2.10. The van der Waals surface area contributed by atoms with Gasteiger partial charge in [0.05, 0.1) is 4.90 Å². The standard InChI is InChI=1S/C14H15NO3S/c1-10-6-7-12(8-11(10)2)15-19(17,18)14-5-3-4-13(16)9-14/h3-9,15-16H,1-2H3. The first-order valence-electron chi connectivity index (χ1n) is 5.77. The van der Waals surface area contributed by atoms with Crippen molar-refractivity contribution >= 4 is 15.7 Å². The molecule has 0 saturated carbocycles. The highest BCUT2D eigenvalue weighted by molar-refractivity contribution is 7.92. The van der Waals surface area contributed by atoms with Gasteiger partial charge < -0.3 is 5.11 Å². The smallest absolute Gasteiger partial charge is 0.262 e. The molecule has 0 aliphatic carbocycles. The molecule has 19 heavy (non-hydrogen) atoms. The van der Waals surface area contributed by atoms with E-state index in [9.17, 15) is 13.5 Å². The zero-order chi connectivity index (χ0) is 14.0. The normalized spacial score (nSPS) is 11.3. The number of hydrogen-bond acceptors (Lipinski definition) is 3.